The van der Waals surface area contributed by atoms with Crippen molar-refractivity contribution in [1.29, 1.82) is 0 Å². The third kappa shape index (κ3) is 32.4. The molecule has 510 valence electrons. The molecule has 19 heteroatoms. The lowest BCUT2D eigenvalue weighted by atomic mass is 9.96. The second-order valence-electron chi connectivity index (χ2n) is 25.7. The van der Waals surface area contributed by atoms with Crippen LogP contribution in [0.3, 0.4) is 0 Å². The number of aliphatic hydroxyl groups is 11. The molecule has 0 spiro atoms. The van der Waals surface area contributed by atoms with E-state index >= 15 is 0 Å². The van der Waals surface area contributed by atoms with Crippen molar-refractivity contribution in [2.45, 2.75) is 394 Å². The Balaban J connectivity index is 1.42. The molecular formula is C67H129NO18. The smallest absolute Gasteiger partial charge is 0.220 e. The molecule has 3 aliphatic heterocycles. The van der Waals surface area contributed by atoms with Crippen molar-refractivity contribution < 1.29 is 89.4 Å². The predicted molar refractivity (Wildman–Crippen MR) is 333 cm³/mol. The molecule has 0 aromatic heterocycles. The van der Waals surface area contributed by atoms with Gasteiger partial charge in [-0.2, -0.15) is 0 Å². The SMILES string of the molecule is CCCCCCCCCCCCCCCCCCCCCCCCCCCC(O)C(COC1OC(CO)C(OC2OC(CO)C(OC3OC(CO)C(O)C(O)C3O)C(O)C2O)C(O)C1O)NC(=O)CCCCCCCCCCCCCCCCCC. The summed E-state index contributed by atoms with van der Waals surface area (Å²) in [6.07, 6.45) is 26.1. The number of carbonyl (C=O) groups is 1. The van der Waals surface area contributed by atoms with Crippen LogP contribution in [0.15, 0.2) is 0 Å². The van der Waals surface area contributed by atoms with Gasteiger partial charge in [-0.1, -0.05) is 271 Å². The van der Waals surface area contributed by atoms with E-state index in [1.807, 2.05) is 0 Å². The van der Waals surface area contributed by atoms with Crippen LogP contribution in [0.2, 0.25) is 0 Å². The molecule has 0 aromatic carbocycles. The number of rotatable bonds is 55. The van der Waals surface area contributed by atoms with Gasteiger partial charge in [0.2, 0.25) is 5.91 Å². The van der Waals surface area contributed by atoms with E-state index in [0.717, 1.165) is 44.9 Å². The minimum atomic E-state index is -1.97. The Hall–Kier alpha value is -1.21. The van der Waals surface area contributed by atoms with Crippen LogP contribution >= 0.6 is 0 Å². The van der Waals surface area contributed by atoms with E-state index in [9.17, 15) is 61.0 Å². The Morgan fingerprint density at radius 2 is 0.663 bits per heavy atom. The largest absolute Gasteiger partial charge is 0.394 e. The van der Waals surface area contributed by atoms with Crippen LogP contribution in [0.1, 0.15) is 290 Å². The summed E-state index contributed by atoms with van der Waals surface area (Å²) in [5.41, 5.74) is 0. The molecule has 86 heavy (non-hydrogen) atoms. The average Bonchev–Trinajstić information content (AvgIpc) is 1.95. The highest BCUT2D eigenvalue weighted by molar-refractivity contribution is 5.76. The number of amides is 1. The fourth-order valence-corrected chi connectivity index (χ4v) is 12.4. The van der Waals surface area contributed by atoms with E-state index in [2.05, 4.69) is 19.2 Å². The second-order valence-corrected chi connectivity index (χ2v) is 25.7. The van der Waals surface area contributed by atoms with Gasteiger partial charge in [-0.25, -0.2) is 0 Å². The fraction of sp³-hybridized carbons (Fsp3) is 0.985. The number of carbonyl (C=O) groups excluding carboxylic acids is 1. The van der Waals surface area contributed by atoms with Crippen LogP contribution in [0.25, 0.3) is 0 Å². The molecule has 17 unspecified atom stereocenters. The van der Waals surface area contributed by atoms with Crippen LogP contribution in [0.5, 0.6) is 0 Å². The zero-order valence-electron chi connectivity index (χ0n) is 53.8. The van der Waals surface area contributed by atoms with Gasteiger partial charge in [0.1, 0.15) is 73.2 Å². The van der Waals surface area contributed by atoms with E-state index in [-0.39, 0.29) is 18.9 Å². The molecular weight excluding hydrogens is 1110 g/mol. The van der Waals surface area contributed by atoms with Gasteiger partial charge in [0.05, 0.1) is 38.6 Å². The van der Waals surface area contributed by atoms with Crippen molar-refractivity contribution in [2.75, 3.05) is 26.4 Å². The van der Waals surface area contributed by atoms with Gasteiger partial charge in [0.15, 0.2) is 18.9 Å². The van der Waals surface area contributed by atoms with Crippen LogP contribution in [0.4, 0.5) is 0 Å². The van der Waals surface area contributed by atoms with Crippen molar-refractivity contribution in [3.63, 3.8) is 0 Å². The van der Waals surface area contributed by atoms with Crippen LogP contribution in [-0.4, -0.2) is 193 Å². The summed E-state index contributed by atoms with van der Waals surface area (Å²) in [4.78, 5) is 13.4. The zero-order valence-corrected chi connectivity index (χ0v) is 53.8. The summed E-state index contributed by atoms with van der Waals surface area (Å²) in [6.45, 7) is 1.84. The van der Waals surface area contributed by atoms with E-state index in [4.69, 9.17) is 28.4 Å². The van der Waals surface area contributed by atoms with Gasteiger partial charge < -0.3 is 89.9 Å². The summed E-state index contributed by atoms with van der Waals surface area (Å²) in [7, 11) is 0. The monoisotopic (exact) mass is 1240 g/mol. The number of unbranched alkanes of at least 4 members (excludes halogenated alkanes) is 39. The Labute approximate surface area is 519 Å². The minimum absolute atomic E-state index is 0.236. The van der Waals surface area contributed by atoms with Gasteiger partial charge in [0.25, 0.3) is 0 Å². The molecule has 1 amide bonds. The summed E-state index contributed by atoms with van der Waals surface area (Å²) >= 11 is 0. The van der Waals surface area contributed by atoms with Crippen molar-refractivity contribution >= 4 is 5.91 Å². The van der Waals surface area contributed by atoms with Crippen LogP contribution < -0.4 is 5.32 Å². The molecule has 3 heterocycles. The van der Waals surface area contributed by atoms with Gasteiger partial charge in [-0.3, -0.25) is 4.79 Å². The van der Waals surface area contributed by atoms with Crippen LogP contribution in [0, 0.1) is 0 Å². The molecule has 0 aromatic rings. The molecule has 17 atom stereocenters. The molecule has 12 N–H and O–H groups in total. The highest BCUT2D eigenvalue weighted by Gasteiger charge is 2.53. The van der Waals surface area contributed by atoms with Crippen LogP contribution in [-0.2, 0) is 33.2 Å². The number of hydrogen-bond acceptors (Lipinski definition) is 18. The molecule has 19 nitrogen and oxygen atoms in total. The Morgan fingerprint density at radius 3 is 1.01 bits per heavy atom. The number of nitrogens with one attached hydrogen (secondary N) is 1. The first-order chi connectivity index (χ1) is 41.8. The lowest BCUT2D eigenvalue weighted by molar-refractivity contribution is -0.379. The summed E-state index contributed by atoms with van der Waals surface area (Å²) in [5.74, 6) is -0.236. The highest BCUT2D eigenvalue weighted by Crippen LogP contribution is 2.33. The van der Waals surface area contributed by atoms with Gasteiger partial charge >= 0.3 is 0 Å². The first-order valence-corrected chi connectivity index (χ1v) is 35.3. The zero-order chi connectivity index (χ0) is 62.6. The Kier molecular flexibility index (Phi) is 46.3. The Bertz CT molecular complexity index is 1570. The molecule has 3 rings (SSSR count). The third-order valence-electron chi connectivity index (χ3n) is 18.2. The van der Waals surface area contributed by atoms with E-state index < -0.39 is 124 Å². The fourth-order valence-electron chi connectivity index (χ4n) is 12.4. The lowest BCUT2D eigenvalue weighted by Crippen LogP contribution is -2.66. The summed E-state index contributed by atoms with van der Waals surface area (Å²) < 4.78 is 34.4. The molecule has 3 aliphatic rings. The quantitative estimate of drug-likeness (QED) is 0.0253. The summed E-state index contributed by atoms with van der Waals surface area (Å²) in [6, 6.07) is -0.881. The van der Waals surface area contributed by atoms with Gasteiger partial charge in [-0.05, 0) is 12.8 Å². The second kappa shape index (κ2) is 50.4. The number of ether oxygens (including phenoxy) is 6. The first kappa shape index (κ1) is 79.0. The first-order valence-electron chi connectivity index (χ1n) is 35.3. The van der Waals surface area contributed by atoms with E-state index in [0.29, 0.717) is 12.8 Å². The molecule has 3 fully saturated rings. The standard InChI is InChI=1S/C67H129NO18/c1-3-5-7-9-11-13-15-17-19-21-22-23-24-25-26-27-28-29-30-32-34-36-38-40-42-44-51(72)50(68-55(73)45-43-41-39-37-35-33-31-20-18-16-14-12-10-8-6-4-2)49-81-65-61(79)58(76)63(53(47-70)83-65)86-67-62(80)59(77)64(54(48-71)84-67)85-66-60(78)57(75)56(74)52(46-69)82-66/h50-54,56-67,69-72,74-80H,3-49H2,1-2H3,(H,68,73). The maximum Gasteiger partial charge on any atom is 0.220 e. The maximum absolute atomic E-state index is 13.4. The number of hydrogen-bond donors (Lipinski definition) is 12. The molecule has 0 aliphatic carbocycles. The van der Waals surface area contributed by atoms with Crippen molar-refractivity contribution in [3.05, 3.63) is 0 Å². The molecule has 0 saturated carbocycles. The minimum Gasteiger partial charge on any atom is -0.394 e. The van der Waals surface area contributed by atoms with Gasteiger partial charge in [-0.15, -0.1) is 0 Å². The highest BCUT2D eigenvalue weighted by atomic mass is 16.8. The van der Waals surface area contributed by atoms with E-state index in [1.54, 1.807) is 0 Å². The van der Waals surface area contributed by atoms with E-state index in [1.165, 1.54) is 212 Å². The van der Waals surface area contributed by atoms with Crippen molar-refractivity contribution in [2.24, 2.45) is 0 Å². The number of aliphatic hydroxyl groups excluding tert-OH is 11. The average molecular weight is 1240 g/mol. The third-order valence-corrected chi connectivity index (χ3v) is 18.2. The summed E-state index contributed by atoms with van der Waals surface area (Å²) in [5, 5.41) is 121. The predicted octanol–water partition coefficient (Wildman–Crippen LogP) is 9.11. The lowest BCUT2D eigenvalue weighted by Gasteiger charge is -2.48. The topological polar surface area (TPSA) is 307 Å². The molecule has 0 bridgehead atoms. The molecule has 3 saturated heterocycles. The van der Waals surface area contributed by atoms with Crippen molar-refractivity contribution in [3.8, 4) is 0 Å². The Morgan fingerprint density at radius 1 is 0.372 bits per heavy atom. The normalized spacial score (nSPS) is 28.7. The molecule has 0 radical (unpaired) electrons. The maximum atomic E-state index is 13.4. The van der Waals surface area contributed by atoms with Crippen molar-refractivity contribution in [1.82, 2.24) is 5.32 Å². The van der Waals surface area contributed by atoms with Gasteiger partial charge in [0, 0.05) is 6.42 Å².